The second-order valence-corrected chi connectivity index (χ2v) is 7.93. The van der Waals surface area contributed by atoms with Gasteiger partial charge in [-0.15, -0.1) is 0 Å². The quantitative estimate of drug-likeness (QED) is 0.563. The van der Waals surface area contributed by atoms with E-state index in [4.69, 9.17) is 0 Å². The summed E-state index contributed by atoms with van der Waals surface area (Å²) >= 11 is 0. The standard InChI is InChI=1S/C23H24N6/c1-15-6-7-17-4-3-5-19(20(17)10-15)12-29-13-22(25-14-29)21-11-18(8-9-24-21)23-16(2)26-28-27-23/h6-11,13-14,19H,3-5,12H2,1-2H3,(H,26,27,28). The summed E-state index contributed by atoms with van der Waals surface area (Å²) < 4.78 is 2.20. The molecule has 0 saturated heterocycles. The number of pyridine rings is 1. The molecule has 0 radical (unpaired) electrons. The van der Waals surface area contributed by atoms with Crippen LogP contribution in [0, 0.1) is 13.8 Å². The number of benzene rings is 1. The highest BCUT2D eigenvalue weighted by Crippen LogP contribution is 2.34. The average Bonchev–Trinajstić information content (AvgIpc) is 3.38. The fourth-order valence-corrected chi connectivity index (χ4v) is 4.33. The van der Waals surface area contributed by atoms with E-state index in [2.05, 4.69) is 61.3 Å². The van der Waals surface area contributed by atoms with Gasteiger partial charge >= 0.3 is 0 Å². The van der Waals surface area contributed by atoms with Gasteiger partial charge in [-0.2, -0.15) is 15.4 Å². The predicted octanol–water partition coefficient (Wildman–Crippen LogP) is 4.47. The number of nitrogens with one attached hydrogen (secondary N) is 1. The Hall–Kier alpha value is -3.28. The summed E-state index contributed by atoms with van der Waals surface area (Å²) in [4.78, 5) is 9.15. The van der Waals surface area contributed by atoms with E-state index in [9.17, 15) is 0 Å². The van der Waals surface area contributed by atoms with E-state index >= 15 is 0 Å². The molecule has 0 bridgehead atoms. The van der Waals surface area contributed by atoms with Crippen molar-refractivity contribution >= 4 is 0 Å². The van der Waals surface area contributed by atoms with Crippen LogP contribution >= 0.6 is 0 Å². The lowest BCUT2D eigenvalue weighted by Gasteiger charge is -2.26. The van der Waals surface area contributed by atoms with Crippen LogP contribution in [0.5, 0.6) is 0 Å². The number of rotatable bonds is 4. The molecule has 6 heteroatoms. The predicted molar refractivity (Wildman–Crippen MR) is 112 cm³/mol. The molecule has 5 rings (SSSR count). The largest absolute Gasteiger partial charge is 0.336 e. The minimum atomic E-state index is 0.540. The lowest BCUT2D eigenvalue weighted by atomic mass is 9.82. The van der Waals surface area contributed by atoms with Crippen molar-refractivity contribution in [2.45, 2.75) is 45.6 Å². The van der Waals surface area contributed by atoms with Crippen LogP contribution < -0.4 is 0 Å². The highest BCUT2D eigenvalue weighted by atomic mass is 15.3. The Morgan fingerprint density at radius 1 is 1.07 bits per heavy atom. The fraction of sp³-hybridized carbons (Fsp3) is 0.304. The van der Waals surface area contributed by atoms with Crippen molar-refractivity contribution in [3.05, 3.63) is 71.4 Å². The number of aromatic nitrogens is 6. The number of aryl methyl sites for hydroxylation is 3. The van der Waals surface area contributed by atoms with E-state index in [1.807, 2.05) is 25.4 Å². The van der Waals surface area contributed by atoms with E-state index in [0.29, 0.717) is 5.92 Å². The lowest BCUT2D eigenvalue weighted by molar-refractivity contribution is 0.483. The van der Waals surface area contributed by atoms with Gasteiger partial charge in [-0.3, -0.25) is 4.98 Å². The lowest BCUT2D eigenvalue weighted by Crippen LogP contribution is -2.15. The number of H-pyrrole nitrogens is 1. The topological polar surface area (TPSA) is 72.3 Å². The third kappa shape index (κ3) is 3.46. The van der Waals surface area contributed by atoms with Crippen molar-refractivity contribution in [2.75, 3.05) is 0 Å². The molecule has 1 unspecified atom stereocenters. The Morgan fingerprint density at radius 3 is 2.86 bits per heavy atom. The van der Waals surface area contributed by atoms with Crippen LogP contribution in [-0.2, 0) is 13.0 Å². The summed E-state index contributed by atoms with van der Waals surface area (Å²) in [5.41, 5.74) is 8.80. The molecule has 146 valence electrons. The molecule has 1 aliphatic carbocycles. The first-order valence-electron chi connectivity index (χ1n) is 10.1. The number of nitrogens with zero attached hydrogens (tertiary/aromatic N) is 5. The van der Waals surface area contributed by atoms with Gasteiger partial charge in [0.25, 0.3) is 0 Å². The van der Waals surface area contributed by atoms with Crippen molar-refractivity contribution in [1.29, 1.82) is 0 Å². The molecule has 0 aliphatic heterocycles. The number of hydrogen-bond donors (Lipinski definition) is 1. The highest BCUT2D eigenvalue weighted by molar-refractivity contribution is 5.67. The second kappa shape index (κ2) is 7.28. The summed E-state index contributed by atoms with van der Waals surface area (Å²) in [6, 6.07) is 10.9. The zero-order valence-electron chi connectivity index (χ0n) is 16.8. The molecule has 1 N–H and O–H groups in total. The third-order valence-corrected chi connectivity index (χ3v) is 5.82. The van der Waals surface area contributed by atoms with Gasteiger partial charge in [0.2, 0.25) is 0 Å². The Labute approximate surface area is 170 Å². The molecule has 29 heavy (non-hydrogen) atoms. The van der Waals surface area contributed by atoms with Crippen LogP contribution in [0.1, 0.15) is 41.1 Å². The van der Waals surface area contributed by atoms with E-state index in [-0.39, 0.29) is 0 Å². The van der Waals surface area contributed by atoms with E-state index in [1.165, 1.54) is 36.0 Å². The summed E-state index contributed by atoms with van der Waals surface area (Å²) in [6.07, 6.45) is 9.50. The molecular formula is C23H24N6. The summed E-state index contributed by atoms with van der Waals surface area (Å²) in [6.45, 7) is 5.07. The molecule has 0 fully saturated rings. The molecule has 3 heterocycles. The first kappa shape index (κ1) is 17.8. The van der Waals surface area contributed by atoms with Crippen molar-refractivity contribution < 1.29 is 0 Å². The molecule has 3 aromatic heterocycles. The molecule has 1 aliphatic rings. The third-order valence-electron chi connectivity index (χ3n) is 5.82. The van der Waals surface area contributed by atoms with Gasteiger partial charge in [0.15, 0.2) is 0 Å². The van der Waals surface area contributed by atoms with Crippen molar-refractivity contribution in [1.82, 2.24) is 29.9 Å². The number of imidazole rings is 1. The second-order valence-electron chi connectivity index (χ2n) is 7.93. The Kier molecular flexibility index (Phi) is 4.46. The summed E-state index contributed by atoms with van der Waals surface area (Å²) in [7, 11) is 0. The van der Waals surface area contributed by atoms with E-state index in [1.54, 1.807) is 6.20 Å². The highest BCUT2D eigenvalue weighted by Gasteiger charge is 2.21. The normalized spacial score (nSPS) is 16.0. The van der Waals surface area contributed by atoms with Crippen LogP contribution in [0.15, 0.2) is 49.1 Å². The van der Waals surface area contributed by atoms with Gasteiger partial charge in [0, 0.05) is 30.4 Å². The summed E-state index contributed by atoms with van der Waals surface area (Å²) in [5.74, 6) is 0.540. The minimum Gasteiger partial charge on any atom is -0.336 e. The number of hydrogen-bond acceptors (Lipinski definition) is 4. The van der Waals surface area contributed by atoms with Gasteiger partial charge in [-0.25, -0.2) is 4.98 Å². The molecule has 6 nitrogen and oxygen atoms in total. The maximum atomic E-state index is 4.63. The monoisotopic (exact) mass is 384 g/mol. The van der Waals surface area contributed by atoms with Gasteiger partial charge in [-0.1, -0.05) is 23.8 Å². The fourth-order valence-electron chi connectivity index (χ4n) is 4.33. The van der Waals surface area contributed by atoms with Gasteiger partial charge in [0.1, 0.15) is 11.4 Å². The Morgan fingerprint density at radius 2 is 2.00 bits per heavy atom. The van der Waals surface area contributed by atoms with E-state index in [0.717, 1.165) is 34.9 Å². The zero-order valence-corrected chi connectivity index (χ0v) is 16.8. The molecule has 0 saturated carbocycles. The van der Waals surface area contributed by atoms with Crippen molar-refractivity contribution in [2.24, 2.45) is 0 Å². The van der Waals surface area contributed by atoms with Crippen molar-refractivity contribution in [3.8, 4) is 22.6 Å². The Bertz CT molecular complexity index is 1160. The zero-order chi connectivity index (χ0) is 19.8. The smallest absolute Gasteiger partial charge is 0.115 e. The van der Waals surface area contributed by atoms with E-state index < -0.39 is 0 Å². The first-order chi connectivity index (χ1) is 14.2. The van der Waals surface area contributed by atoms with Crippen molar-refractivity contribution in [3.63, 3.8) is 0 Å². The maximum Gasteiger partial charge on any atom is 0.115 e. The van der Waals surface area contributed by atoms with Gasteiger partial charge in [-0.05, 0) is 56.4 Å². The molecule has 4 aromatic rings. The molecule has 0 amide bonds. The molecular weight excluding hydrogens is 360 g/mol. The van der Waals surface area contributed by atoms with Crippen LogP contribution in [-0.4, -0.2) is 29.9 Å². The average molecular weight is 384 g/mol. The van der Waals surface area contributed by atoms with Crippen LogP contribution in [0.25, 0.3) is 22.6 Å². The van der Waals surface area contributed by atoms with Gasteiger partial charge in [0.05, 0.1) is 17.7 Å². The molecule has 0 spiro atoms. The first-order valence-corrected chi connectivity index (χ1v) is 10.1. The SMILES string of the molecule is Cc1ccc2c(c1)C(Cn1cnc(-c3cc(-c4n[nH]nc4C)ccn3)c1)CCC2. The van der Waals surface area contributed by atoms with Crippen LogP contribution in [0.2, 0.25) is 0 Å². The number of fused-ring (bicyclic) bond motifs is 1. The Balaban J connectivity index is 1.40. The summed E-state index contributed by atoms with van der Waals surface area (Å²) in [5, 5.41) is 11.0. The van der Waals surface area contributed by atoms with Gasteiger partial charge < -0.3 is 4.57 Å². The maximum absolute atomic E-state index is 4.63. The van der Waals surface area contributed by atoms with Crippen LogP contribution in [0.3, 0.4) is 0 Å². The molecule has 1 aromatic carbocycles. The minimum absolute atomic E-state index is 0.540. The molecule has 1 atom stereocenters. The van der Waals surface area contributed by atoms with Crippen LogP contribution in [0.4, 0.5) is 0 Å². The number of aromatic amines is 1.